The predicted octanol–water partition coefficient (Wildman–Crippen LogP) is 4.50. The minimum Gasteiger partial charge on any atom is -0.457 e. The van der Waals surface area contributed by atoms with E-state index >= 15 is 0 Å². The summed E-state index contributed by atoms with van der Waals surface area (Å²) in [6.45, 7) is 6.92. The maximum absolute atomic E-state index is 12.1. The first kappa shape index (κ1) is 18.6. The van der Waals surface area contributed by atoms with Crippen LogP contribution in [0.25, 0.3) is 16.8 Å². The molecule has 1 fully saturated rings. The van der Waals surface area contributed by atoms with E-state index in [-0.39, 0.29) is 12.3 Å². The van der Waals surface area contributed by atoms with E-state index in [1.54, 1.807) is 0 Å². The van der Waals surface area contributed by atoms with E-state index in [1.807, 2.05) is 39.0 Å². The zero-order valence-corrected chi connectivity index (χ0v) is 15.7. The number of benzene rings is 2. The summed E-state index contributed by atoms with van der Waals surface area (Å²) in [6, 6.07) is 12.4. The van der Waals surface area contributed by atoms with Crippen LogP contribution >= 0.6 is 0 Å². The SMILES string of the molecule is CC(C)(C)OC(=O)/C=C/c1c(CCC2OCCO2)ccc2ccccc12. The van der Waals surface area contributed by atoms with Crippen LogP contribution in [0.2, 0.25) is 0 Å². The molecule has 4 nitrogen and oxygen atoms in total. The van der Waals surface area contributed by atoms with Gasteiger partial charge in [-0.15, -0.1) is 0 Å². The van der Waals surface area contributed by atoms with Gasteiger partial charge < -0.3 is 14.2 Å². The standard InChI is InChI=1S/C22H26O4/c1-22(2,3)26-20(23)12-11-19-17(10-13-21-24-14-15-25-21)9-8-16-6-4-5-7-18(16)19/h4-9,11-12,21H,10,13-15H2,1-3H3/b12-11+. The van der Waals surface area contributed by atoms with Gasteiger partial charge in [-0.05, 0) is 55.2 Å². The number of carbonyl (C=O) groups excluding carboxylic acids is 1. The molecule has 0 atom stereocenters. The van der Waals surface area contributed by atoms with Crippen molar-refractivity contribution in [2.24, 2.45) is 0 Å². The van der Waals surface area contributed by atoms with Crippen LogP contribution in [0.5, 0.6) is 0 Å². The van der Waals surface area contributed by atoms with Gasteiger partial charge in [-0.3, -0.25) is 0 Å². The number of hydrogen-bond acceptors (Lipinski definition) is 4. The van der Waals surface area contributed by atoms with Gasteiger partial charge in [0.25, 0.3) is 0 Å². The Kier molecular flexibility index (Phi) is 5.74. The van der Waals surface area contributed by atoms with Gasteiger partial charge in [-0.25, -0.2) is 4.79 Å². The van der Waals surface area contributed by atoms with Gasteiger partial charge in [-0.1, -0.05) is 36.4 Å². The number of fused-ring (bicyclic) bond motifs is 1. The molecule has 4 heteroatoms. The minimum absolute atomic E-state index is 0.135. The molecule has 0 unspecified atom stereocenters. The minimum atomic E-state index is -0.500. The topological polar surface area (TPSA) is 44.8 Å². The lowest BCUT2D eigenvalue weighted by molar-refractivity contribution is -0.148. The van der Waals surface area contributed by atoms with Crippen molar-refractivity contribution >= 4 is 22.8 Å². The first-order valence-corrected chi connectivity index (χ1v) is 9.07. The van der Waals surface area contributed by atoms with Crippen LogP contribution < -0.4 is 0 Å². The number of ether oxygens (including phenoxy) is 3. The van der Waals surface area contributed by atoms with Gasteiger partial charge in [0.05, 0.1) is 13.2 Å². The zero-order chi connectivity index (χ0) is 18.6. The maximum atomic E-state index is 12.1. The molecule has 1 heterocycles. The van der Waals surface area contributed by atoms with Crippen LogP contribution in [0.3, 0.4) is 0 Å². The fraction of sp³-hybridized carbons (Fsp3) is 0.409. The molecule has 0 aromatic heterocycles. The van der Waals surface area contributed by atoms with Crippen LogP contribution in [-0.2, 0) is 25.4 Å². The molecule has 138 valence electrons. The lowest BCUT2D eigenvalue weighted by atomic mass is 9.95. The fourth-order valence-electron chi connectivity index (χ4n) is 3.09. The summed E-state index contributed by atoms with van der Waals surface area (Å²) >= 11 is 0. The van der Waals surface area contributed by atoms with Crippen molar-refractivity contribution in [2.75, 3.05) is 13.2 Å². The molecule has 2 aromatic carbocycles. The molecule has 1 aliphatic heterocycles. The zero-order valence-electron chi connectivity index (χ0n) is 15.7. The van der Waals surface area contributed by atoms with E-state index in [0.717, 1.165) is 29.2 Å². The molecule has 1 saturated heterocycles. The van der Waals surface area contributed by atoms with Crippen molar-refractivity contribution < 1.29 is 19.0 Å². The molecule has 0 amide bonds. The molecule has 0 spiro atoms. The Balaban J connectivity index is 1.86. The van der Waals surface area contributed by atoms with Crippen molar-refractivity contribution in [1.82, 2.24) is 0 Å². The Morgan fingerprint density at radius 2 is 1.88 bits per heavy atom. The second-order valence-corrected chi connectivity index (χ2v) is 7.44. The first-order chi connectivity index (χ1) is 12.4. The molecular weight excluding hydrogens is 328 g/mol. The van der Waals surface area contributed by atoms with Crippen LogP contribution in [-0.4, -0.2) is 31.1 Å². The predicted molar refractivity (Wildman–Crippen MR) is 103 cm³/mol. The van der Waals surface area contributed by atoms with Crippen LogP contribution in [0.4, 0.5) is 0 Å². The van der Waals surface area contributed by atoms with Gasteiger partial charge in [0.1, 0.15) is 5.60 Å². The van der Waals surface area contributed by atoms with Gasteiger partial charge >= 0.3 is 5.97 Å². The summed E-state index contributed by atoms with van der Waals surface area (Å²) < 4.78 is 16.5. The van der Waals surface area contributed by atoms with E-state index in [9.17, 15) is 4.79 Å². The largest absolute Gasteiger partial charge is 0.457 e. The third-order valence-corrected chi connectivity index (χ3v) is 4.19. The van der Waals surface area contributed by atoms with Crippen molar-refractivity contribution in [2.45, 2.75) is 45.5 Å². The second kappa shape index (κ2) is 8.02. The van der Waals surface area contributed by atoms with Gasteiger partial charge in [0, 0.05) is 12.5 Å². The Hall–Kier alpha value is -2.17. The quantitative estimate of drug-likeness (QED) is 0.586. The molecule has 2 aromatic rings. The average Bonchev–Trinajstić information content (AvgIpc) is 3.10. The Morgan fingerprint density at radius 1 is 1.15 bits per heavy atom. The molecule has 0 aliphatic carbocycles. The number of aryl methyl sites for hydroxylation is 1. The van der Waals surface area contributed by atoms with Gasteiger partial charge in [0.15, 0.2) is 6.29 Å². The summed E-state index contributed by atoms with van der Waals surface area (Å²) in [5.74, 6) is -0.334. The highest BCUT2D eigenvalue weighted by Gasteiger charge is 2.17. The number of esters is 1. The van der Waals surface area contributed by atoms with Crippen LogP contribution in [0, 0.1) is 0 Å². The van der Waals surface area contributed by atoms with Gasteiger partial charge in [0.2, 0.25) is 0 Å². The van der Waals surface area contributed by atoms with E-state index < -0.39 is 5.60 Å². The molecule has 0 N–H and O–H groups in total. The summed E-state index contributed by atoms with van der Waals surface area (Å²) in [4.78, 5) is 12.1. The maximum Gasteiger partial charge on any atom is 0.331 e. The molecule has 0 radical (unpaired) electrons. The Labute approximate surface area is 154 Å². The monoisotopic (exact) mass is 354 g/mol. The molecular formula is C22H26O4. The lowest BCUT2D eigenvalue weighted by Gasteiger charge is -2.18. The van der Waals surface area contributed by atoms with Crippen LogP contribution in [0.15, 0.2) is 42.5 Å². The summed E-state index contributed by atoms with van der Waals surface area (Å²) in [5, 5.41) is 2.27. The molecule has 0 bridgehead atoms. The van der Waals surface area contributed by atoms with Crippen molar-refractivity contribution in [3.63, 3.8) is 0 Å². The van der Waals surface area contributed by atoms with E-state index in [1.165, 1.54) is 11.6 Å². The molecule has 1 aliphatic rings. The lowest BCUT2D eigenvalue weighted by Crippen LogP contribution is -2.22. The van der Waals surface area contributed by atoms with E-state index in [2.05, 4.69) is 24.3 Å². The van der Waals surface area contributed by atoms with E-state index in [0.29, 0.717) is 13.2 Å². The van der Waals surface area contributed by atoms with Gasteiger partial charge in [-0.2, -0.15) is 0 Å². The summed E-state index contributed by atoms with van der Waals surface area (Å²) in [5.41, 5.74) is 1.72. The number of hydrogen-bond donors (Lipinski definition) is 0. The summed E-state index contributed by atoms with van der Waals surface area (Å²) in [6.07, 6.45) is 4.86. The number of carbonyl (C=O) groups is 1. The average molecular weight is 354 g/mol. The normalized spacial score (nSPS) is 15.8. The Bertz CT molecular complexity index is 795. The Morgan fingerprint density at radius 3 is 2.62 bits per heavy atom. The number of rotatable bonds is 5. The third kappa shape index (κ3) is 4.93. The smallest absolute Gasteiger partial charge is 0.331 e. The summed E-state index contributed by atoms with van der Waals surface area (Å²) in [7, 11) is 0. The van der Waals surface area contributed by atoms with Crippen molar-refractivity contribution in [1.29, 1.82) is 0 Å². The highest BCUT2D eigenvalue weighted by atomic mass is 16.7. The third-order valence-electron chi connectivity index (χ3n) is 4.19. The fourth-order valence-corrected chi connectivity index (χ4v) is 3.09. The molecule has 0 saturated carbocycles. The van der Waals surface area contributed by atoms with E-state index in [4.69, 9.17) is 14.2 Å². The van der Waals surface area contributed by atoms with Crippen molar-refractivity contribution in [3.8, 4) is 0 Å². The van der Waals surface area contributed by atoms with Crippen LogP contribution in [0.1, 0.15) is 38.3 Å². The molecule has 3 rings (SSSR count). The van der Waals surface area contributed by atoms with Crippen molar-refractivity contribution in [3.05, 3.63) is 53.6 Å². The highest BCUT2D eigenvalue weighted by Crippen LogP contribution is 2.26. The molecule has 26 heavy (non-hydrogen) atoms. The highest BCUT2D eigenvalue weighted by molar-refractivity contribution is 5.96. The first-order valence-electron chi connectivity index (χ1n) is 9.07. The second-order valence-electron chi connectivity index (χ2n) is 7.44.